The molecule has 2 aromatic heterocycles. The van der Waals surface area contributed by atoms with Gasteiger partial charge < -0.3 is 0 Å². The largest absolute Gasteiger partial charge is 0.249 e. The van der Waals surface area contributed by atoms with Crippen LogP contribution in [0, 0.1) is 23.7 Å². The van der Waals surface area contributed by atoms with Crippen molar-refractivity contribution in [2.24, 2.45) is 23.7 Å². The second kappa shape index (κ2) is 14.3. The van der Waals surface area contributed by atoms with E-state index < -0.39 is 0 Å². The van der Waals surface area contributed by atoms with Gasteiger partial charge >= 0.3 is 0 Å². The maximum atomic E-state index is 4.08. The minimum atomic E-state index is 0. The topological polar surface area (TPSA) is 61.4 Å². The van der Waals surface area contributed by atoms with Crippen molar-refractivity contribution in [1.29, 1.82) is 0 Å². The minimum Gasteiger partial charge on any atom is -0.249 e. The van der Waals surface area contributed by atoms with E-state index in [2.05, 4.69) is 76.0 Å². The molecule has 0 fully saturated rings. The maximum absolute atomic E-state index is 4.08. The third-order valence-corrected chi connectivity index (χ3v) is 3.71. The van der Waals surface area contributed by atoms with E-state index in [1.807, 2.05) is 21.8 Å². The van der Waals surface area contributed by atoms with Gasteiger partial charge in [0.1, 0.15) is 0 Å². The lowest BCUT2D eigenvalue weighted by atomic mass is 10.1. The molecule has 0 saturated heterocycles. The molecular formula is C22H46N6. The van der Waals surface area contributed by atoms with Gasteiger partial charge in [0.15, 0.2) is 0 Å². The van der Waals surface area contributed by atoms with Crippen molar-refractivity contribution in [1.82, 2.24) is 30.0 Å². The molecule has 0 bridgehead atoms. The van der Waals surface area contributed by atoms with Crippen LogP contribution < -0.4 is 0 Å². The molecule has 164 valence electrons. The van der Waals surface area contributed by atoms with Gasteiger partial charge in [0.25, 0.3) is 0 Å². The van der Waals surface area contributed by atoms with Crippen LogP contribution in [0.1, 0.15) is 81.6 Å². The van der Waals surface area contributed by atoms with E-state index in [9.17, 15) is 0 Å². The highest BCUT2D eigenvalue weighted by Crippen LogP contribution is 2.09. The van der Waals surface area contributed by atoms with Gasteiger partial charge in [0, 0.05) is 13.1 Å². The fraction of sp³-hybridized carbons (Fsp3) is 0.818. The van der Waals surface area contributed by atoms with Crippen molar-refractivity contribution in [2.75, 3.05) is 0 Å². The third kappa shape index (κ3) is 11.2. The number of rotatable bonds is 8. The van der Waals surface area contributed by atoms with Gasteiger partial charge in [-0.1, -0.05) is 80.7 Å². The lowest BCUT2D eigenvalue weighted by molar-refractivity contribution is 0.449. The van der Waals surface area contributed by atoms with Crippen LogP contribution in [0.3, 0.4) is 0 Å². The van der Waals surface area contributed by atoms with Crippen molar-refractivity contribution >= 4 is 0 Å². The average Bonchev–Trinajstić information content (AvgIpc) is 3.08. The van der Waals surface area contributed by atoms with Gasteiger partial charge in [-0.2, -0.15) is 0 Å². The van der Waals surface area contributed by atoms with Crippen LogP contribution in [0.2, 0.25) is 0 Å². The number of hydrogen-bond donors (Lipinski definition) is 0. The van der Waals surface area contributed by atoms with Crippen molar-refractivity contribution in [3.05, 3.63) is 23.8 Å². The molecule has 0 aliphatic rings. The molecule has 0 aliphatic heterocycles. The molecule has 0 aromatic carbocycles. The quantitative estimate of drug-likeness (QED) is 0.590. The molecule has 28 heavy (non-hydrogen) atoms. The monoisotopic (exact) mass is 394 g/mol. The average molecular weight is 395 g/mol. The summed E-state index contributed by atoms with van der Waals surface area (Å²) in [6, 6.07) is 0. The van der Waals surface area contributed by atoms with E-state index >= 15 is 0 Å². The van der Waals surface area contributed by atoms with E-state index in [4.69, 9.17) is 0 Å². The van der Waals surface area contributed by atoms with Gasteiger partial charge in [-0.25, -0.2) is 9.36 Å². The van der Waals surface area contributed by atoms with Crippen LogP contribution in [0.5, 0.6) is 0 Å². The van der Waals surface area contributed by atoms with Crippen molar-refractivity contribution in [2.45, 2.75) is 96.2 Å². The number of hydrogen-bond acceptors (Lipinski definition) is 4. The summed E-state index contributed by atoms with van der Waals surface area (Å²) in [6.07, 6.45) is 5.89. The first kappa shape index (κ1) is 28.5. The molecule has 0 spiro atoms. The van der Waals surface area contributed by atoms with E-state index in [-0.39, 0.29) is 14.9 Å². The number of nitrogens with zero attached hydrogens (tertiary/aromatic N) is 6. The molecule has 0 N–H and O–H groups in total. The molecule has 0 unspecified atom stereocenters. The Bertz CT molecular complexity index is 507. The van der Waals surface area contributed by atoms with Crippen LogP contribution in [-0.4, -0.2) is 30.0 Å². The molecule has 2 aromatic rings. The summed E-state index contributed by atoms with van der Waals surface area (Å²) in [7, 11) is 0. The molecule has 0 saturated carbocycles. The van der Waals surface area contributed by atoms with Crippen LogP contribution in [0.25, 0.3) is 0 Å². The van der Waals surface area contributed by atoms with Crippen LogP contribution in [0.15, 0.2) is 12.4 Å². The molecular weight excluding hydrogens is 348 g/mol. The van der Waals surface area contributed by atoms with Crippen molar-refractivity contribution in [3.63, 3.8) is 0 Å². The summed E-state index contributed by atoms with van der Waals surface area (Å²) < 4.78 is 4.04. The predicted molar refractivity (Wildman–Crippen MR) is 120 cm³/mol. The minimum absolute atomic E-state index is 0. The van der Waals surface area contributed by atoms with Crippen LogP contribution >= 0.6 is 0 Å². The molecule has 0 amide bonds. The summed E-state index contributed by atoms with van der Waals surface area (Å²) >= 11 is 0. The Morgan fingerprint density at radius 1 is 0.607 bits per heavy atom. The van der Waals surface area contributed by atoms with E-state index in [1.54, 1.807) is 0 Å². The second-order valence-electron chi connectivity index (χ2n) is 8.80. The Balaban J connectivity index is 0. The fourth-order valence-corrected chi connectivity index (χ4v) is 2.71. The zero-order valence-corrected chi connectivity index (χ0v) is 18.0. The standard InChI is InChI=1S/2C10H19N3.2CH4/c2*1-8(2)5-10-6-11-12-13(10)7-9(3)4;;/h2*6,8-9H,5,7H2,1-4H3;2*1H4. The summed E-state index contributed by atoms with van der Waals surface area (Å²) in [5.74, 6) is 2.61. The molecule has 0 aliphatic carbocycles. The SMILES string of the molecule is C.C.CC(C)Cc1cnnn1CC(C)C.CC(C)Cc1cnnn1CC(C)C. The third-order valence-electron chi connectivity index (χ3n) is 3.71. The van der Waals surface area contributed by atoms with Crippen LogP contribution in [0.4, 0.5) is 0 Å². The summed E-state index contributed by atoms with van der Waals surface area (Å²) in [5, 5.41) is 16.0. The van der Waals surface area contributed by atoms with Gasteiger partial charge in [-0.05, 0) is 36.5 Å². The van der Waals surface area contributed by atoms with Gasteiger partial charge in [-0.15, -0.1) is 10.2 Å². The Kier molecular flexibility index (Phi) is 14.6. The Morgan fingerprint density at radius 2 is 0.929 bits per heavy atom. The first-order valence-corrected chi connectivity index (χ1v) is 9.93. The summed E-state index contributed by atoms with van der Waals surface area (Å²) in [5.41, 5.74) is 2.51. The second-order valence-corrected chi connectivity index (χ2v) is 8.80. The summed E-state index contributed by atoms with van der Waals surface area (Å²) in [6.45, 7) is 19.6. The summed E-state index contributed by atoms with van der Waals surface area (Å²) in [4.78, 5) is 0. The van der Waals surface area contributed by atoms with E-state index in [0.717, 1.165) is 25.9 Å². The lowest BCUT2D eigenvalue weighted by Gasteiger charge is -2.09. The van der Waals surface area contributed by atoms with Crippen molar-refractivity contribution in [3.8, 4) is 0 Å². The van der Waals surface area contributed by atoms with Crippen LogP contribution in [-0.2, 0) is 25.9 Å². The Labute approximate surface area is 174 Å². The lowest BCUT2D eigenvalue weighted by Crippen LogP contribution is -2.11. The zero-order chi connectivity index (χ0) is 19.7. The molecule has 6 nitrogen and oxygen atoms in total. The Hall–Kier alpha value is -1.72. The first-order chi connectivity index (χ1) is 12.2. The van der Waals surface area contributed by atoms with E-state index in [0.29, 0.717) is 23.7 Å². The molecule has 0 atom stereocenters. The highest BCUT2D eigenvalue weighted by atomic mass is 15.4. The number of aromatic nitrogens is 6. The molecule has 2 heterocycles. The molecule has 0 radical (unpaired) electrons. The normalized spacial score (nSPS) is 10.7. The smallest absolute Gasteiger partial charge is 0.0725 e. The maximum Gasteiger partial charge on any atom is 0.0725 e. The van der Waals surface area contributed by atoms with Gasteiger partial charge in [0.2, 0.25) is 0 Å². The highest BCUT2D eigenvalue weighted by Gasteiger charge is 2.08. The zero-order valence-electron chi connectivity index (χ0n) is 18.0. The molecule has 2 rings (SSSR count). The molecule has 6 heteroatoms. The Morgan fingerprint density at radius 3 is 1.18 bits per heavy atom. The highest BCUT2D eigenvalue weighted by molar-refractivity contribution is 4.95. The van der Waals surface area contributed by atoms with Gasteiger partial charge in [0.05, 0.1) is 23.8 Å². The fourth-order valence-electron chi connectivity index (χ4n) is 2.71. The van der Waals surface area contributed by atoms with Gasteiger partial charge in [-0.3, -0.25) is 0 Å². The predicted octanol–water partition coefficient (Wildman–Crippen LogP) is 5.54. The van der Waals surface area contributed by atoms with Crippen molar-refractivity contribution < 1.29 is 0 Å². The van der Waals surface area contributed by atoms with E-state index in [1.165, 1.54) is 11.4 Å². The first-order valence-electron chi connectivity index (χ1n) is 9.93.